The SMILES string of the molecule is COc1ccc(CN(c2nc(C)nc3[nH]ccc23)C2CCC(C)CC2)cc1. The van der Waals surface area contributed by atoms with E-state index in [0.29, 0.717) is 6.04 Å². The third-order valence-electron chi connectivity index (χ3n) is 5.72. The van der Waals surface area contributed by atoms with Gasteiger partial charge in [-0.1, -0.05) is 19.1 Å². The molecule has 0 aliphatic heterocycles. The number of hydrogen-bond acceptors (Lipinski definition) is 4. The number of aryl methyl sites for hydroxylation is 1. The molecule has 0 saturated heterocycles. The number of anilines is 1. The van der Waals surface area contributed by atoms with E-state index < -0.39 is 0 Å². The molecule has 2 heterocycles. The molecular formula is C22H28N4O. The van der Waals surface area contributed by atoms with Crippen LogP contribution in [0.15, 0.2) is 36.5 Å². The van der Waals surface area contributed by atoms with Crippen molar-refractivity contribution < 1.29 is 4.74 Å². The van der Waals surface area contributed by atoms with Gasteiger partial charge in [0.1, 0.15) is 23.0 Å². The van der Waals surface area contributed by atoms with Crippen LogP contribution in [0.25, 0.3) is 11.0 Å². The third-order valence-corrected chi connectivity index (χ3v) is 5.72. The first-order valence-corrected chi connectivity index (χ1v) is 9.85. The van der Waals surface area contributed by atoms with E-state index in [1.54, 1.807) is 7.11 Å². The van der Waals surface area contributed by atoms with Crippen molar-refractivity contribution >= 4 is 16.9 Å². The molecule has 0 bridgehead atoms. The fourth-order valence-electron chi connectivity index (χ4n) is 4.11. The van der Waals surface area contributed by atoms with Crippen molar-refractivity contribution in [2.24, 2.45) is 5.92 Å². The highest BCUT2D eigenvalue weighted by molar-refractivity contribution is 5.87. The average molecular weight is 364 g/mol. The van der Waals surface area contributed by atoms with Gasteiger partial charge < -0.3 is 14.6 Å². The van der Waals surface area contributed by atoms with Crippen LogP contribution in [-0.2, 0) is 6.54 Å². The van der Waals surface area contributed by atoms with E-state index in [9.17, 15) is 0 Å². The number of H-pyrrole nitrogens is 1. The molecule has 1 aliphatic carbocycles. The Balaban J connectivity index is 1.71. The van der Waals surface area contributed by atoms with Gasteiger partial charge in [0.05, 0.1) is 12.5 Å². The summed E-state index contributed by atoms with van der Waals surface area (Å²) in [6, 6.07) is 11.0. The Bertz CT molecular complexity index is 894. The number of nitrogens with one attached hydrogen (secondary N) is 1. The molecule has 0 amide bonds. The van der Waals surface area contributed by atoms with E-state index in [1.807, 2.05) is 25.3 Å². The van der Waals surface area contributed by atoms with Gasteiger partial charge in [-0.25, -0.2) is 9.97 Å². The lowest BCUT2D eigenvalue weighted by Crippen LogP contribution is -2.38. The van der Waals surface area contributed by atoms with Crippen molar-refractivity contribution in [3.05, 3.63) is 47.9 Å². The Kier molecular flexibility index (Phi) is 5.01. The van der Waals surface area contributed by atoms with Crippen LogP contribution in [0.5, 0.6) is 5.75 Å². The Morgan fingerprint density at radius 2 is 1.81 bits per heavy atom. The Morgan fingerprint density at radius 3 is 2.52 bits per heavy atom. The molecular weight excluding hydrogens is 336 g/mol. The summed E-state index contributed by atoms with van der Waals surface area (Å²) in [6.45, 7) is 5.18. The van der Waals surface area contributed by atoms with Crippen LogP contribution in [0.4, 0.5) is 5.82 Å². The van der Waals surface area contributed by atoms with Crippen molar-refractivity contribution in [3.63, 3.8) is 0 Å². The lowest BCUT2D eigenvalue weighted by atomic mass is 9.86. The zero-order valence-corrected chi connectivity index (χ0v) is 16.4. The molecule has 1 fully saturated rings. The summed E-state index contributed by atoms with van der Waals surface area (Å²) < 4.78 is 5.31. The van der Waals surface area contributed by atoms with E-state index in [2.05, 4.69) is 40.0 Å². The number of fused-ring (bicyclic) bond motifs is 1. The number of ether oxygens (including phenoxy) is 1. The predicted molar refractivity (Wildman–Crippen MR) is 109 cm³/mol. The van der Waals surface area contributed by atoms with Crippen molar-refractivity contribution in [1.29, 1.82) is 0 Å². The number of hydrogen-bond donors (Lipinski definition) is 1. The maximum Gasteiger partial charge on any atom is 0.143 e. The quantitative estimate of drug-likeness (QED) is 0.702. The summed E-state index contributed by atoms with van der Waals surface area (Å²) >= 11 is 0. The maximum atomic E-state index is 5.31. The number of methoxy groups -OCH3 is 1. The summed E-state index contributed by atoms with van der Waals surface area (Å²) in [5, 5.41) is 1.10. The van der Waals surface area contributed by atoms with Crippen LogP contribution in [0.2, 0.25) is 0 Å². The smallest absolute Gasteiger partial charge is 0.143 e. The first-order valence-electron chi connectivity index (χ1n) is 9.85. The van der Waals surface area contributed by atoms with E-state index >= 15 is 0 Å². The topological polar surface area (TPSA) is 54.0 Å². The summed E-state index contributed by atoms with van der Waals surface area (Å²) in [6.07, 6.45) is 6.95. The van der Waals surface area contributed by atoms with Gasteiger partial charge in [-0.3, -0.25) is 0 Å². The molecule has 0 radical (unpaired) electrons. The number of benzene rings is 1. The third kappa shape index (κ3) is 3.77. The van der Waals surface area contributed by atoms with Crippen LogP contribution >= 0.6 is 0 Å². The molecule has 0 spiro atoms. The van der Waals surface area contributed by atoms with Gasteiger partial charge >= 0.3 is 0 Å². The summed E-state index contributed by atoms with van der Waals surface area (Å²) in [5.41, 5.74) is 2.19. The minimum absolute atomic E-state index is 0.510. The van der Waals surface area contributed by atoms with E-state index in [1.165, 1.54) is 31.2 Å². The second kappa shape index (κ2) is 7.59. The largest absolute Gasteiger partial charge is 0.497 e. The molecule has 1 aromatic carbocycles. The predicted octanol–water partition coefficient (Wildman–Crippen LogP) is 4.86. The monoisotopic (exact) mass is 364 g/mol. The first-order chi connectivity index (χ1) is 13.1. The number of rotatable bonds is 5. The fraction of sp³-hybridized carbons (Fsp3) is 0.455. The van der Waals surface area contributed by atoms with Crippen LogP contribution in [-0.4, -0.2) is 28.1 Å². The molecule has 5 heteroatoms. The lowest BCUT2D eigenvalue weighted by Gasteiger charge is -2.37. The summed E-state index contributed by atoms with van der Waals surface area (Å²) in [5.74, 6) is 3.57. The zero-order valence-electron chi connectivity index (χ0n) is 16.4. The van der Waals surface area contributed by atoms with Crippen molar-refractivity contribution in [3.8, 4) is 5.75 Å². The fourth-order valence-corrected chi connectivity index (χ4v) is 4.11. The Hall–Kier alpha value is -2.56. The van der Waals surface area contributed by atoms with Gasteiger partial charge in [0.25, 0.3) is 0 Å². The minimum atomic E-state index is 0.510. The van der Waals surface area contributed by atoms with Gasteiger partial charge in [0.15, 0.2) is 0 Å². The molecule has 1 aliphatic rings. The molecule has 3 aromatic rings. The van der Waals surface area contributed by atoms with Crippen LogP contribution in [0, 0.1) is 12.8 Å². The molecule has 4 rings (SSSR count). The highest BCUT2D eigenvalue weighted by Gasteiger charge is 2.27. The molecule has 142 valence electrons. The van der Waals surface area contributed by atoms with Gasteiger partial charge in [-0.2, -0.15) is 0 Å². The second-order valence-electron chi connectivity index (χ2n) is 7.72. The normalized spacial score (nSPS) is 20.0. The molecule has 0 atom stereocenters. The number of aromatic amines is 1. The van der Waals surface area contributed by atoms with Crippen molar-refractivity contribution in [2.45, 2.75) is 52.1 Å². The van der Waals surface area contributed by atoms with Crippen LogP contribution < -0.4 is 9.64 Å². The van der Waals surface area contributed by atoms with Gasteiger partial charge in [0.2, 0.25) is 0 Å². The highest BCUT2D eigenvalue weighted by Crippen LogP contribution is 2.34. The number of aromatic nitrogens is 3. The van der Waals surface area contributed by atoms with Crippen molar-refractivity contribution in [1.82, 2.24) is 15.0 Å². The minimum Gasteiger partial charge on any atom is -0.497 e. The first kappa shape index (κ1) is 17.8. The molecule has 27 heavy (non-hydrogen) atoms. The zero-order chi connectivity index (χ0) is 18.8. The van der Waals surface area contributed by atoms with Gasteiger partial charge in [-0.15, -0.1) is 0 Å². The van der Waals surface area contributed by atoms with Crippen LogP contribution in [0.1, 0.15) is 44.0 Å². The second-order valence-corrected chi connectivity index (χ2v) is 7.72. The van der Waals surface area contributed by atoms with Crippen molar-refractivity contribution in [2.75, 3.05) is 12.0 Å². The molecule has 2 aromatic heterocycles. The molecule has 1 saturated carbocycles. The molecule has 1 N–H and O–H groups in total. The summed E-state index contributed by atoms with van der Waals surface area (Å²) in [4.78, 5) is 15.2. The van der Waals surface area contributed by atoms with E-state index in [4.69, 9.17) is 9.72 Å². The Labute approximate surface area is 160 Å². The van der Waals surface area contributed by atoms with Gasteiger partial charge in [-0.05, 0) is 62.3 Å². The average Bonchev–Trinajstić information content (AvgIpc) is 3.15. The number of nitrogens with zero attached hydrogens (tertiary/aromatic N) is 3. The Morgan fingerprint density at radius 1 is 1.07 bits per heavy atom. The van der Waals surface area contributed by atoms with E-state index in [-0.39, 0.29) is 0 Å². The maximum absolute atomic E-state index is 5.31. The summed E-state index contributed by atoms with van der Waals surface area (Å²) in [7, 11) is 1.71. The standard InChI is InChI=1S/C22H28N4O/c1-15-4-8-18(9-5-15)26(14-17-6-10-19(27-3)11-7-17)22-20-12-13-23-21(20)24-16(2)25-22/h6-7,10-13,15,18H,4-5,8-9,14H2,1-3H3,(H,23,24,25). The van der Waals surface area contributed by atoms with Gasteiger partial charge in [0, 0.05) is 18.8 Å². The van der Waals surface area contributed by atoms with Crippen LogP contribution in [0.3, 0.4) is 0 Å². The van der Waals surface area contributed by atoms with E-state index in [0.717, 1.165) is 40.9 Å². The lowest BCUT2D eigenvalue weighted by molar-refractivity contribution is 0.332. The molecule has 5 nitrogen and oxygen atoms in total. The highest BCUT2D eigenvalue weighted by atomic mass is 16.5. The molecule has 0 unspecified atom stereocenters.